The molecule has 0 unspecified atom stereocenters. The number of benzene rings is 2. The van der Waals surface area contributed by atoms with Gasteiger partial charge in [-0.2, -0.15) is 5.26 Å². The van der Waals surface area contributed by atoms with Crippen LogP contribution in [-0.2, 0) is 14.3 Å². The Morgan fingerprint density at radius 1 is 1.25 bits per heavy atom. The van der Waals surface area contributed by atoms with Crippen LogP contribution in [0.25, 0.3) is 6.08 Å². The van der Waals surface area contributed by atoms with Gasteiger partial charge in [-0.15, -0.1) is 0 Å². The van der Waals surface area contributed by atoms with Gasteiger partial charge in [0.15, 0.2) is 18.1 Å². The van der Waals surface area contributed by atoms with Gasteiger partial charge >= 0.3 is 5.97 Å². The van der Waals surface area contributed by atoms with Crippen molar-refractivity contribution in [1.29, 1.82) is 5.26 Å². The van der Waals surface area contributed by atoms with Crippen molar-refractivity contribution in [1.82, 2.24) is 0 Å². The molecule has 0 saturated carbocycles. The first kappa shape index (κ1) is 19.5. The number of amides is 1. The Labute approximate surface area is 169 Å². The molecule has 1 N–H and O–H groups in total. The lowest BCUT2D eigenvalue weighted by Crippen LogP contribution is -2.21. The molecule has 1 aliphatic heterocycles. The number of carbonyl (C=O) groups is 2. The lowest BCUT2D eigenvalue weighted by atomic mass is 10.1. The SMILES string of the molecule is Cc1ccc(NC(=O)COC(=O)/C(C#N)=C/c2ccc3c(c2)OCO3)c(Br)c1. The van der Waals surface area contributed by atoms with Crippen molar-refractivity contribution in [3.63, 3.8) is 0 Å². The van der Waals surface area contributed by atoms with Gasteiger partial charge in [0.25, 0.3) is 5.91 Å². The Morgan fingerprint density at radius 2 is 2.04 bits per heavy atom. The predicted octanol–water partition coefficient (Wildman–Crippen LogP) is 3.58. The number of nitrogens with one attached hydrogen (secondary N) is 1. The van der Waals surface area contributed by atoms with Crippen LogP contribution in [0, 0.1) is 18.3 Å². The van der Waals surface area contributed by atoms with Crippen molar-refractivity contribution >= 4 is 39.6 Å². The molecule has 0 aromatic heterocycles. The summed E-state index contributed by atoms with van der Waals surface area (Å²) in [4.78, 5) is 24.1. The van der Waals surface area contributed by atoms with Crippen LogP contribution in [-0.4, -0.2) is 25.3 Å². The van der Waals surface area contributed by atoms with Crippen molar-refractivity contribution < 1.29 is 23.8 Å². The molecule has 0 aliphatic carbocycles. The van der Waals surface area contributed by atoms with Crippen molar-refractivity contribution in [2.24, 2.45) is 0 Å². The predicted molar refractivity (Wildman–Crippen MR) is 105 cm³/mol. The normalized spacial score (nSPS) is 12.2. The number of esters is 1. The summed E-state index contributed by atoms with van der Waals surface area (Å²) in [7, 11) is 0. The molecule has 1 aliphatic rings. The minimum absolute atomic E-state index is 0.127. The number of halogens is 1. The molecule has 0 atom stereocenters. The van der Waals surface area contributed by atoms with Gasteiger partial charge in [0.2, 0.25) is 6.79 Å². The Balaban J connectivity index is 1.61. The molecule has 1 heterocycles. The second-order valence-electron chi connectivity index (χ2n) is 5.89. The standard InChI is InChI=1S/C20H15BrN2O5/c1-12-2-4-16(15(21)6-12)23-19(24)10-26-20(25)14(9-22)7-13-3-5-17-18(8-13)28-11-27-17/h2-8H,10-11H2,1H3,(H,23,24)/b14-7+. The smallest absolute Gasteiger partial charge is 0.349 e. The third-order valence-electron chi connectivity index (χ3n) is 3.78. The van der Waals surface area contributed by atoms with Crippen molar-refractivity contribution in [3.8, 4) is 17.6 Å². The number of ether oxygens (including phenoxy) is 3. The lowest BCUT2D eigenvalue weighted by Gasteiger charge is -2.08. The number of hydrogen-bond acceptors (Lipinski definition) is 6. The lowest BCUT2D eigenvalue weighted by molar-refractivity contribution is -0.142. The van der Waals surface area contributed by atoms with Gasteiger partial charge < -0.3 is 19.5 Å². The summed E-state index contributed by atoms with van der Waals surface area (Å²) in [6.07, 6.45) is 1.36. The van der Waals surface area contributed by atoms with E-state index in [0.717, 1.165) is 5.56 Å². The van der Waals surface area contributed by atoms with E-state index in [4.69, 9.17) is 14.2 Å². The summed E-state index contributed by atoms with van der Waals surface area (Å²) < 4.78 is 16.1. The second kappa shape index (κ2) is 8.59. The van der Waals surface area contributed by atoms with Crippen LogP contribution < -0.4 is 14.8 Å². The molecular weight excluding hydrogens is 428 g/mol. The van der Waals surface area contributed by atoms with Gasteiger partial charge in [-0.25, -0.2) is 4.79 Å². The Morgan fingerprint density at radius 3 is 2.79 bits per heavy atom. The summed E-state index contributed by atoms with van der Waals surface area (Å²) in [5.74, 6) is -0.281. The van der Waals surface area contributed by atoms with E-state index in [1.54, 1.807) is 30.3 Å². The van der Waals surface area contributed by atoms with Gasteiger partial charge in [-0.3, -0.25) is 4.79 Å². The van der Waals surface area contributed by atoms with Crippen LogP contribution in [0.4, 0.5) is 5.69 Å². The maximum absolute atomic E-state index is 12.1. The molecule has 8 heteroatoms. The van der Waals surface area contributed by atoms with Gasteiger partial charge in [-0.05, 0) is 64.3 Å². The van der Waals surface area contributed by atoms with Gasteiger partial charge in [0.05, 0.1) is 5.69 Å². The maximum Gasteiger partial charge on any atom is 0.349 e. The summed E-state index contributed by atoms with van der Waals surface area (Å²) in [5.41, 5.74) is 1.93. The van der Waals surface area contributed by atoms with Crippen LogP contribution in [0.5, 0.6) is 11.5 Å². The number of aryl methyl sites for hydroxylation is 1. The van der Waals surface area contributed by atoms with Crippen molar-refractivity contribution in [2.75, 3.05) is 18.7 Å². The Hall–Kier alpha value is -3.31. The average molecular weight is 443 g/mol. The molecule has 0 fully saturated rings. The van der Waals surface area contributed by atoms with Crippen LogP contribution >= 0.6 is 15.9 Å². The Bertz CT molecular complexity index is 1010. The van der Waals surface area contributed by atoms with Gasteiger partial charge in [0, 0.05) is 4.47 Å². The molecule has 0 saturated heterocycles. The van der Waals surface area contributed by atoms with E-state index >= 15 is 0 Å². The highest BCUT2D eigenvalue weighted by molar-refractivity contribution is 9.10. The number of carbonyl (C=O) groups excluding carboxylic acids is 2. The minimum Gasteiger partial charge on any atom is -0.454 e. The molecule has 1 amide bonds. The van der Waals surface area contributed by atoms with Crippen LogP contribution in [0.15, 0.2) is 46.4 Å². The number of hydrogen-bond donors (Lipinski definition) is 1. The van der Waals surface area contributed by atoms with Gasteiger partial charge in [0.1, 0.15) is 11.6 Å². The Kier molecular flexibility index (Phi) is 5.96. The largest absolute Gasteiger partial charge is 0.454 e. The van der Waals surface area contributed by atoms with Crippen LogP contribution in [0.2, 0.25) is 0 Å². The summed E-state index contributed by atoms with van der Waals surface area (Å²) in [6, 6.07) is 12.2. The third kappa shape index (κ3) is 4.69. The molecular formula is C20H15BrN2O5. The summed E-state index contributed by atoms with van der Waals surface area (Å²) in [5, 5.41) is 11.9. The van der Waals surface area contributed by atoms with E-state index in [0.29, 0.717) is 27.2 Å². The molecule has 0 radical (unpaired) electrons. The van der Waals surface area contributed by atoms with Crippen molar-refractivity contribution in [2.45, 2.75) is 6.92 Å². The van der Waals surface area contributed by atoms with E-state index in [-0.39, 0.29) is 12.4 Å². The zero-order chi connectivity index (χ0) is 20.1. The van der Waals surface area contributed by atoms with Gasteiger partial charge in [-0.1, -0.05) is 12.1 Å². The number of fused-ring (bicyclic) bond motifs is 1. The zero-order valence-electron chi connectivity index (χ0n) is 14.8. The molecule has 28 heavy (non-hydrogen) atoms. The average Bonchev–Trinajstić information content (AvgIpc) is 3.14. The van der Waals surface area contributed by atoms with E-state index in [9.17, 15) is 14.9 Å². The fourth-order valence-corrected chi connectivity index (χ4v) is 3.02. The first-order valence-corrected chi connectivity index (χ1v) is 9.00. The van der Waals surface area contributed by atoms with E-state index in [1.165, 1.54) is 6.08 Å². The quantitative estimate of drug-likeness (QED) is 0.431. The fraction of sp³-hybridized carbons (Fsp3) is 0.150. The van der Waals surface area contributed by atoms with Crippen molar-refractivity contribution in [3.05, 3.63) is 57.6 Å². The number of nitrogens with zero attached hydrogens (tertiary/aromatic N) is 1. The van der Waals surface area contributed by atoms with E-state index in [2.05, 4.69) is 21.2 Å². The number of anilines is 1. The summed E-state index contributed by atoms with van der Waals surface area (Å²) in [6.45, 7) is 1.54. The molecule has 0 bridgehead atoms. The highest BCUT2D eigenvalue weighted by Gasteiger charge is 2.16. The topological polar surface area (TPSA) is 97.7 Å². The van der Waals surface area contributed by atoms with E-state index in [1.807, 2.05) is 19.1 Å². The molecule has 7 nitrogen and oxygen atoms in total. The van der Waals surface area contributed by atoms with E-state index < -0.39 is 18.5 Å². The monoisotopic (exact) mass is 442 g/mol. The molecule has 0 spiro atoms. The zero-order valence-corrected chi connectivity index (χ0v) is 16.4. The molecule has 142 valence electrons. The summed E-state index contributed by atoms with van der Waals surface area (Å²) >= 11 is 3.35. The molecule has 2 aromatic carbocycles. The first-order valence-electron chi connectivity index (χ1n) is 8.21. The number of nitriles is 1. The molecule has 2 aromatic rings. The molecule has 3 rings (SSSR count). The first-order chi connectivity index (χ1) is 13.5. The minimum atomic E-state index is -0.890. The van der Waals surface area contributed by atoms with Crippen LogP contribution in [0.1, 0.15) is 11.1 Å². The fourth-order valence-electron chi connectivity index (χ4n) is 2.42. The number of rotatable bonds is 5. The second-order valence-corrected chi connectivity index (χ2v) is 6.74. The third-order valence-corrected chi connectivity index (χ3v) is 4.44. The highest BCUT2D eigenvalue weighted by atomic mass is 79.9. The maximum atomic E-state index is 12.1. The van der Waals surface area contributed by atoms with Crippen LogP contribution in [0.3, 0.4) is 0 Å². The highest BCUT2D eigenvalue weighted by Crippen LogP contribution is 2.33.